The first-order chi connectivity index (χ1) is 30.1. The minimum Gasteiger partial charge on any atom is -0.466 e. The van der Waals surface area contributed by atoms with Crippen LogP contribution in [-0.4, -0.2) is 135 Å². The zero-order valence-electron chi connectivity index (χ0n) is 40.2. The number of rotatable bonds is 29. The predicted octanol–water partition coefficient (Wildman–Crippen LogP) is 6.32. The second-order valence-corrected chi connectivity index (χ2v) is 15.7. The molecule has 1 aliphatic heterocycles. The quantitative estimate of drug-likeness (QED) is 0.00823. The molecule has 1 saturated carbocycles. The van der Waals surface area contributed by atoms with E-state index in [0.29, 0.717) is 31.8 Å². The van der Waals surface area contributed by atoms with Crippen molar-refractivity contribution in [2.75, 3.05) is 19.8 Å². The van der Waals surface area contributed by atoms with E-state index in [1.807, 2.05) is 20.8 Å². The monoisotopic (exact) mass is 915 g/mol. The SMILES string of the molecule is CC.CCC(COC(C)=O)C1CCC1.CCCCCCCCCCCCCC(CCC(=O)CC)OC(C)=O.CCOC(OC1OC(CO)C(O)C(O)C1O)C(O)C(C)O.O=COO. The molecule has 2 aliphatic rings. The molecule has 0 radical (unpaired) electrons. The lowest BCUT2D eigenvalue weighted by Crippen LogP contribution is -2.60. The summed E-state index contributed by atoms with van der Waals surface area (Å²) in [7, 11) is 0. The smallest absolute Gasteiger partial charge is 0.330 e. The van der Waals surface area contributed by atoms with E-state index in [-0.39, 0.29) is 36.9 Å². The van der Waals surface area contributed by atoms with Gasteiger partial charge in [0.05, 0.1) is 19.3 Å². The van der Waals surface area contributed by atoms with E-state index in [2.05, 4.69) is 18.7 Å². The van der Waals surface area contributed by atoms with Crippen molar-refractivity contribution in [1.29, 1.82) is 0 Å². The lowest BCUT2D eigenvalue weighted by Gasteiger charge is -2.41. The van der Waals surface area contributed by atoms with E-state index in [0.717, 1.165) is 25.2 Å². The van der Waals surface area contributed by atoms with E-state index >= 15 is 0 Å². The van der Waals surface area contributed by atoms with Gasteiger partial charge in [-0.2, -0.15) is 0 Å². The Kier molecular flexibility index (Phi) is 44.9. The zero-order valence-corrected chi connectivity index (χ0v) is 40.2. The maximum absolute atomic E-state index is 11.4. The molecule has 2 fully saturated rings. The normalized spacial score (nSPS) is 21.5. The fourth-order valence-corrected chi connectivity index (χ4v) is 6.68. The van der Waals surface area contributed by atoms with E-state index in [4.69, 9.17) is 38.8 Å². The number of Topliss-reactive ketones (excluding diaryl/α,β-unsaturated/α-hetero) is 1. The molecule has 10 unspecified atom stereocenters. The first-order valence-corrected chi connectivity index (χ1v) is 23.6. The fraction of sp³-hybridized carbons (Fsp3) is 0.913. The number of hydrogen-bond acceptors (Lipinski definition) is 17. The summed E-state index contributed by atoms with van der Waals surface area (Å²) < 4.78 is 25.8. The molecule has 1 heterocycles. The molecule has 1 aliphatic carbocycles. The highest BCUT2D eigenvalue weighted by atomic mass is 17.1. The molecule has 2 rings (SSSR count). The Morgan fingerprint density at radius 2 is 1.33 bits per heavy atom. The van der Waals surface area contributed by atoms with Gasteiger partial charge in [-0.3, -0.25) is 19.2 Å². The van der Waals surface area contributed by atoms with Gasteiger partial charge in [-0.15, -0.1) is 0 Å². The number of esters is 2. The first-order valence-electron chi connectivity index (χ1n) is 23.6. The summed E-state index contributed by atoms with van der Waals surface area (Å²) in [4.78, 5) is 44.7. The molecule has 0 amide bonds. The van der Waals surface area contributed by atoms with Crippen molar-refractivity contribution in [3.63, 3.8) is 0 Å². The Morgan fingerprint density at radius 3 is 1.73 bits per heavy atom. The average Bonchev–Trinajstić information content (AvgIpc) is 3.25. The van der Waals surface area contributed by atoms with Crippen molar-refractivity contribution >= 4 is 24.2 Å². The molecule has 7 N–H and O–H groups in total. The molecule has 63 heavy (non-hydrogen) atoms. The number of ether oxygens (including phenoxy) is 5. The van der Waals surface area contributed by atoms with Gasteiger partial charge in [0.2, 0.25) is 0 Å². The van der Waals surface area contributed by atoms with E-state index in [1.54, 1.807) is 6.92 Å². The van der Waals surface area contributed by atoms with Crippen LogP contribution in [0.25, 0.3) is 0 Å². The van der Waals surface area contributed by atoms with Crippen LogP contribution in [0.5, 0.6) is 0 Å². The molecule has 376 valence electrons. The van der Waals surface area contributed by atoms with Crippen LogP contribution < -0.4 is 0 Å². The topological polar surface area (TPSA) is 265 Å². The fourth-order valence-electron chi connectivity index (χ4n) is 6.68. The van der Waals surface area contributed by atoms with Crippen molar-refractivity contribution in [1.82, 2.24) is 0 Å². The molecule has 17 nitrogen and oxygen atoms in total. The first kappa shape index (κ1) is 65.0. The Bertz CT molecular complexity index is 1070. The number of carbonyl (C=O) groups excluding carboxylic acids is 4. The predicted molar refractivity (Wildman–Crippen MR) is 238 cm³/mol. The van der Waals surface area contributed by atoms with Gasteiger partial charge in [-0.25, -0.2) is 5.26 Å². The lowest BCUT2D eigenvalue weighted by molar-refractivity contribution is -0.350. The summed E-state index contributed by atoms with van der Waals surface area (Å²) in [5.41, 5.74) is 0. The summed E-state index contributed by atoms with van der Waals surface area (Å²) >= 11 is 0. The molecule has 0 aromatic carbocycles. The van der Waals surface area contributed by atoms with Gasteiger partial charge < -0.3 is 59.2 Å². The summed E-state index contributed by atoms with van der Waals surface area (Å²) in [6, 6.07) is 0. The van der Waals surface area contributed by atoms with Crippen molar-refractivity contribution in [2.24, 2.45) is 11.8 Å². The van der Waals surface area contributed by atoms with E-state index < -0.39 is 55.8 Å². The van der Waals surface area contributed by atoms with Crippen LogP contribution in [0.15, 0.2) is 0 Å². The number of aliphatic hydroxyl groups is 6. The van der Waals surface area contributed by atoms with Gasteiger partial charge in [0.1, 0.15) is 42.4 Å². The molecule has 0 aromatic heterocycles. The zero-order chi connectivity index (χ0) is 48.6. The molecular weight excluding hydrogens is 824 g/mol. The third-order valence-corrected chi connectivity index (χ3v) is 10.7. The van der Waals surface area contributed by atoms with Crippen LogP contribution in [0.4, 0.5) is 0 Å². The van der Waals surface area contributed by atoms with Crippen molar-refractivity contribution in [3.05, 3.63) is 0 Å². The number of ketones is 1. The van der Waals surface area contributed by atoms with E-state index in [9.17, 15) is 39.9 Å². The standard InChI is InChI=1S/C21H40O3.C12H24O9.C10H18O2.C2H6.CH2O3/c1-4-6-7-8-9-10-11-12-13-14-15-16-21(24-19(3)22)18-17-20(23)5-2;1-3-19-11(7(15)5(2)14)21-12-10(18)9(17)8(16)6(4-13)20-12;1-3-9(7-12-8(2)11)10-5-4-6-10;1-2;2-1-4-3/h21H,4-18H2,1-3H3;5-18H,3-4H2,1-2H3;9-10H,3-7H2,1-2H3;1-2H3;1,3H. The van der Waals surface area contributed by atoms with Crippen LogP contribution in [0.1, 0.15) is 184 Å². The molecule has 0 bridgehead atoms. The minimum atomic E-state index is -1.60. The highest BCUT2D eigenvalue weighted by Crippen LogP contribution is 2.35. The summed E-state index contributed by atoms with van der Waals surface area (Å²) in [5.74, 6) is 1.32. The van der Waals surface area contributed by atoms with E-state index in [1.165, 1.54) is 104 Å². The van der Waals surface area contributed by atoms with Gasteiger partial charge in [0.15, 0.2) is 12.6 Å². The Balaban J connectivity index is -0.000000835. The molecule has 0 aromatic rings. The highest BCUT2D eigenvalue weighted by Gasteiger charge is 2.45. The second kappa shape index (κ2) is 43.6. The highest BCUT2D eigenvalue weighted by molar-refractivity contribution is 5.78. The summed E-state index contributed by atoms with van der Waals surface area (Å²) in [6.07, 6.45) is 11.1. The van der Waals surface area contributed by atoms with Crippen LogP contribution in [0.3, 0.4) is 0 Å². The van der Waals surface area contributed by atoms with Crippen LogP contribution in [-0.2, 0) is 47.8 Å². The lowest BCUT2D eigenvalue weighted by atomic mass is 9.75. The maximum atomic E-state index is 11.4. The minimum absolute atomic E-state index is 0.0694. The molecule has 1 saturated heterocycles. The third-order valence-electron chi connectivity index (χ3n) is 10.7. The molecule has 10 atom stereocenters. The van der Waals surface area contributed by atoms with Crippen LogP contribution in [0, 0.1) is 11.8 Å². The van der Waals surface area contributed by atoms with Crippen molar-refractivity contribution in [2.45, 2.75) is 240 Å². The van der Waals surface area contributed by atoms with Gasteiger partial charge in [0, 0.05) is 33.3 Å². The van der Waals surface area contributed by atoms with Crippen molar-refractivity contribution < 1.29 is 83.6 Å². The van der Waals surface area contributed by atoms with Crippen LogP contribution >= 0.6 is 0 Å². The Hall–Kier alpha value is -2.32. The third kappa shape index (κ3) is 33.8. The van der Waals surface area contributed by atoms with Gasteiger partial charge in [-0.05, 0) is 51.4 Å². The second-order valence-electron chi connectivity index (χ2n) is 15.7. The Labute approximate surface area is 378 Å². The Morgan fingerprint density at radius 1 is 0.794 bits per heavy atom. The number of unbranched alkanes of at least 4 members (excludes halogenated alkanes) is 10. The number of carbonyl (C=O) groups is 4. The van der Waals surface area contributed by atoms with Gasteiger partial charge in [-0.1, -0.05) is 118 Å². The van der Waals surface area contributed by atoms with Crippen LogP contribution in [0.2, 0.25) is 0 Å². The average molecular weight is 915 g/mol. The number of aliphatic hydroxyl groups excluding tert-OH is 6. The van der Waals surface area contributed by atoms with Crippen molar-refractivity contribution in [3.8, 4) is 0 Å². The summed E-state index contributed by atoms with van der Waals surface area (Å²) in [5, 5.41) is 64.3. The van der Waals surface area contributed by atoms with Gasteiger partial charge >= 0.3 is 18.4 Å². The summed E-state index contributed by atoms with van der Waals surface area (Å²) in [6.45, 7) is 16.3. The number of hydrogen-bond donors (Lipinski definition) is 7. The molecule has 17 heteroatoms. The van der Waals surface area contributed by atoms with Gasteiger partial charge in [0.25, 0.3) is 0 Å². The molecular formula is C46H90O17. The molecule has 0 spiro atoms. The maximum Gasteiger partial charge on any atom is 0.330 e. The largest absolute Gasteiger partial charge is 0.466 e.